The Kier molecular flexibility index (Phi) is 8.74. The normalized spacial score (nSPS) is 22.1. The van der Waals surface area contributed by atoms with Gasteiger partial charge in [-0.2, -0.15) is 13.2 Å². The van der Waals surface area contributed by atoms with Crippen LogP contribution in [0.15, 0.2) is 12.7 Å². The Hall–Kier alpha value is -0.390. The lowest BCUT2D eigenvalue weighted by Crippen LogP contribution is -2.28. The Bertz CT molecular complexity index is 449. The van der Waals surface area contributed by atoms with Crippen molar-refractivity contribution in [1.82, 2.24) is 0 Å². The van der Waals surface area contributed by atoms with Gasteiger partial charge in [0.1, 0.15) is 11.5 Å². The van der Waals surface area contributed by atoms with Crippen molar-refractivity contribution in [3.8, 4) is 0 Å². The van der Waals surface area contributed by atoms with Gasteiger partial charge in [-0.15, -0.1) is 0 Å². The Morgan fingerprint density at radius 3 is 2.48 bits per heavy atom. The number of ether oxygens (including phenoxy) is 1. The summed E-state index contributed by atoms with van der Waals surface area (Å²) in [4.78, 5) is 11.5. The SMILES string of the molecule is C=CC[S+]1CCSC1C(=O)OCC.O=S(=O)([O-])C(F)(F)F. The van der Waals surface area contributed by atoms with Gasteiger partial charge in [0.05, 0.1) is 6.61 Å². The Morgan fingerprint density at radius 1 is 1.57 bits per heavy atom. The molecule has 0 aliphatic carbocycles. The number of esters is 1. The average Bonchev–Trinajstić information content (AvgIpc) is 2.76. The molecule has 0 saturated carbocycles. The van der Waals surface area contributed by atoms with Crippen LogP contribution in [0.5, 0.6) is 0 Å². The summed E-state index contributed by atoms with van der Waals surface area (Å²) in [5.41, 5.74) is -5.65. The molecule has 0 amide bonds. The van der Waals surface area contributed by atoms with Crippen molar-refractivity contribution in [3.63, 3.8) is 0 Å². The molecular formula is C10H15F3O5S3. The molecule has 0 bridgehead atoms. The maximum Gasteiger partial charge on any atom is 0.485 e. The summed E-state index contributed by atoms with van der Waals surface area (Å²) in [5, 5.41) is 0. The second-order valence-corrected chi connectivity index (χ2v) is 8.72. The van der Waals surface area contributed by atoms with Crippen molar-refractivity contribution in [2.45, 2.75) is 17.0 Å². The summed E-state index contributed by atoms with van der Waals surface area (Å²) in [7, 11) is -5.92. The standard InChI is InChI=1S/C9H15O2S2.CHF3O3S/c1-3-6-13-7-5-12-9(13)8(10)11-4-2;2-1(3,4)8(5,6)7/h3,9H,1,4-7H2,2H3;(H,5,6,7)/q+1;/p-1. The molecule has 0 aromatic heterocycles. The number of carbonyl (C=O) groups excluding carboxylic acids is 1. The minimum absolute atomic E-state index is 0.0322. The number of hydrogen-bond donors (Lipinski definition) is 0. The highest BCUT2D eigenvalue weighted by atomic mass is 32.2. The first kappa shape index (κ1) is 20.6. The zero-order chi connectivity index (χ0) is 16.7. The molecule has 0 aromatic rings. The fourth-order valence-electron chi connectivity index (χ4n) is 1.20. The van der Waals surface area contributed by atoms with E-state index in [9.17, 15) is 18.0 Å². The second-order valence-electron chi connectivity index (χ2n) is 3.55. The summed E-state index contributed by atoms with van der Waals surface area (Å²) in [5.74, 6) is 3.15. The van der Waals surface area contributed by atoms with E-state index in [1.165, 1.54) is 0 Å². The molecule has 2 unspecified atom stereocenters. The molecule has 5 nitrogen and oxygen atoms in total. The molecule has 1 saturated heterocycles. The van der Waals surface area contributed by atoms with E-state index in [0.717, 1.165) is 17.3 Å². The molecule has 1 fully saturated rings. The first-order chi connectivity index (χ1) is 9.54. The maximum absolute atomic E-state index is 11.5. The third-order valence-corrected chi connectivity index (χ3v) is 7.19. The van der Waals surface area contributed by atoms with Gasteiger partial charge in [0.15, 0.2) is 10.1 Å². The van der Waals surface area contributed by atoms with Crippen molar-refractivity contribution < 1.29 is 35.7 Å². The number of thioether (sulfide) groups is 1. The molecular weight excluding hydrogens is 353 g/mol. The van der Waals surface area contributed by atoms with E-state index in [-0.39, 0.29) is 21.4 Å². The van der Waals surface area contributed by atoms with Gasteiger partial charge in [-0.1, -0.05) is 18.3 Å². The molecule has 0 radical (unpaired) electrons. The Labute approximate surface area is 128 Å². The fourth-order valence-corrected chi connectivity index (χ4v) is 5.64. The van der Waals surface area contributed by atoms with Crippen LogP contribution >= 0.6 is 11.8 Å². The first-order valence-corrected chi connectivity index (χ1v) is 9.70. The van der Waals surface area contributed by atoms with Gasteiger partial charge in [0.25, 0.3) is 4.58 Å². The highest BCUT2D eigenvalue weighted by molar-refractivity contribution is 8.19. The molecule has 0 aromatic carbocycles. The molecule has 2 atom stereocenters. The molecule has 124 valence electrons. The highest BCUT2D eigenvalue weighted by Gasteiger charge is 2.42. The van der Waals surface area contributed by atoms with E-state index < -0.39 is 15.6 Å². The number of halogens is 3. The quantitative estimate of drug-likeness (QED) is 0.246. The minimum Gasteiger partial charge on any atom is -0.741 e. The van der Waals surface area contributed by atoms with E-state index in [2.05, 4.69) is 6.58 Å². The molecule has 0 spiro atoms. The van der Waals surface area contributed by atoms with Crippen LogP contribution in [0, 0.1) is 0 Å². The summed E-state index contributed by atoms with van der Waals surface area (Å²) >= 11 is 1.73. The van der Waals surface area contributed by atoms with Crippen molar-refractivity contribution in [2.75, 3.05) is 23.9 Å². The van der Waals surface area contributed by atoms with Gasteiger partial charge in [-0.25, -0.2) is 13.2 Å². The molecule has 1 rings (SSSR count). The van der Waals surface area contributed by atoms with Crippen molar-refractivity contribution in [3.05, 3.63) is 12.7 Å². The third kappa shape index (κ3) is 7.43. The Balaban J connectivity index is 0.000000433. The van der Waals surface area contributed by atoms with Gasteiger partial charge in [-0.3, -0.25) is 0 Å². The fraction of sp³-hybridized carbons (Fsp3) is 0.700. The lowest BCUT2D eigenvalue weighted by atomic mass is 10.7. The van der Waals surface area contributed by atoms with E-state index >= 15 is 0 Å². The van der Waals surface area contributed by atoms with Gasteiger partial charge in [0, 0.05) is 16.6 Å². The molecule has 1 aliphatic rings. The largest absolute Gasteiger partial charge is 0.741 e. The number of rotatable bonds is 4. The topological polar surface area (TPSA) is 83.5 Å². The minimum atomic E-state index is -6.09. The lowest BCUT2D eigenvalue weighted by Gasteiger charge is -2.08. The van der Waals surface area contributed by atoms with Crippen LogP contribution < -0.4 is 0 Å². The monoisotopic (exact) mass is 368 g/mol. The lowest BCUT2D eigenvalue weighted by molar-refractivity contribution is -0.140. The van der Waals surface area contributed by atoms with Gasteiger partial charge in [-0.05, 0) is 13.0 Å². The molecule has 21 heavy (non-hydrogen) atoms. The summed E-state index contributed by atoms with van der Waals surface area (Å²) < 4.78 is 64.0. The van der Waals surface area contributed by atoms with E-state index in [4.69, 9.17) is 17.7 Å². The third-order valence-electron chi connectivity index (χ3n) is 2.01. The summed E-state index contributed by atoms with van der Waals surface area (Å²) in [6.45, 7) is 6.05. The van der Waals surface area contributed by atoms with Crippen molar-refractivity contribution in [1.29, 1.82) is 0 Å². The number of alkyl halides is 3. The Morgan fingerprint density at radius 2 is 2.10 bits per heavy atom. The van der Waals surface area contributed by atoms with Crippen LogP contribution in [0.25, 0.3) is 0 Å². The number of hydrogen-bond acceptors (Lipinski definition) is 6. The predicted molar refractivity (Wildman–Crippen MR) is 75.9 cm³/mol. The maximum atomic E-state index is 11.5. The first-order valence-electron chi connectivity index (χ1n) is 5.62. The van der Waals surface area contributed by atoms with Crippen LogP contribution in [0.3, 0.4) is 0 Å². The van der Waals surface area contributed by atoms with E-state index in [0.29, 0.717) is 6.61 Å². The summed E-state index contributed by atoms with van der Waals surface area (Å²) in [6.07, 6.45) is 1.90. The van der Waals surface area contributed by atoms with Crippen molar-refractivity contribution in [2.24, 2.45) is 0 Å². The zero-order valence-electron chi connectivity index (χ0n) is 11.1. The number of carbonyl (C=O) groups is 1. The average molecular weight is 368 g/mol. The predicted octanol–water partition coefficient (Wildman–Crippen LogP) is 1.48. The van der Waals surface area contributed by atoms with Crippen LogP contribution in [0.1, 0.15) is 6.92 Å². The second kappa shape index (κ2) is 8.91. The van der Waals surface area contributed by atoms with Crippen LogP contribution in [-0.4, -0.2) is 52.9 Å². The van der Waals surface area contributed by atoms with Gasteiger partial charge < -0.3 is 9.29 Å². The summed E-state index contributed by atoms with van der Waals surface area (Å²) in [6, 6.07) is 0. The van der Waals surface area contributed by atoms with Gasteiger partial charge in [0.2, 0.25) is 0 Å². The van der Waals surface area contributed by atoms with E-state index in [1.54, 1.807) is 11.8 Å². The highest BCUT2D eigenvalue weighted by Crippen LogP contribution is 2.29. The van der Waals surface area contributed by atoms with Crippen LogP contribution in [0.4, 0.5) is 13.2 Å². The molecule has 11 heteroatoms. The van der Waals surface area contributed by atoms with Gasteiger partial charge >= 0.3 is 11.5 Å². The molecule has 1 aliphatic heterocycles. The molecule has 0 N–H and O–H groups in total. The van der Waals surface area contributed by atoms with E-state index in [1.807, 2.05) is 13.0 Å². The van der Waals surface area contributed by atoms with Crippen LogP contribution in [-0.2, 0) is 30.5 Å². The van der Waals surface area contributed by atoms with Crippen LogP contribution in [0.2, 0.25) is 0 Å². The molecule has 1 heterocycles. The smallest absolute Gasteiger partial charge is 0.485 e. The zero-order valence-corrected chi connectivity index (χ0v) is 13.5. The van der Waals surface area contributed by atoms with Crippen molar-refractivity contribution >= 4 is 38.7 Å².